The summed E-state index contributed by atoms with van der Waals surface area (Å²) in [7, 11) is 0. The van der Waals surface area contributed by atoms with E-state index in [0.29, 0.717) is 0 Å². The van der Waals surface area contributed by atoms with E-state index in [0.717, 1.165) is 38.0 Å². The van der Waals surface area contributed by atoms with Crippen LogP contribution in [0.3, 0.4) is 0 Å². The van der Waals surface area contributed by atoms with Crippen molar-refractivity contribution in [2.75, 3.05) is 18.4 Å². The summed E-state index contributed by atoms with van der Waals surface area (Å²) in [6, 6.07) is 8.29. The molecular weight excluding hydrogens is 248 g/mol. The number of rotatable bonds is 6. The van der Waals surface area contributed by atoms with E-state index in [1.807, 2.05) is 12.1 Å². The first kappa shape index (κ1) is 15.0. The molecule has 0 saturated carbocycles. The maximum atomic E-state index is 12.5. The summed E-state index contributed by atoms with van der Waals surface area (Å²) in [5.41, 5.74) is 2.04. The van der Waals surface area contributed by atoms with E-state index < -0.39 is 0 Å². The van der Waals surface area contributed by atoms with E-state index in [9.17, 15) is 4.79 Å². The van der Waals surface area contributed by atoms with Gasteiger partial charge in [-0.05, 0) is 49.9 Å². The highest BCUT2D eigenvalue weighted by molar-refractivity contribution is 5.95. The molecule has 2 rings (SSSR count). The zero-order valence-corrected chi connectivity index (χ0v) is 12.7. The molecule has 1 heterocycles. The molecule has 0 aromatic heterocycles. The molecule has 1 aromatic carbocycles. The molecule has 20 heavy (non-hydrogen) atoms. The van der Waals surface area contributed by atoms with Crippen molar-refractivity contribution in [1.82, 2.24) is 5.32 Å². The SMILES string of the molecule is CCCCc1ccc(NC(=O)C2(CC)CCNC2)cc1. The van der Waals surface area contributed by atoms with Gasteiger partial charge in [-0.15, -0.1) is 0 Å². The third-order valence-corrected chi connectivity index (χ3v) is 4.43. The number of benzene rings is 1. The molecule has 1 aliphatic rings. The molecule has 1 amide bonds. The molecule has 1 saturated heterocycles. The fourth-order valence-electron chi connectivity index (χ4n) is 2.80. The molecule has 3 nitrogen and oxygen atoms in total. The van der Waals surface area contributed by atoms with Crippen molar-refractivity contribution < 1.29 is 4.79 Å². The summed E-state index contributed by atoms with van der Waals surface area (Å²) in [6.07, 6.45) is 5.37. The molecule has 3 heteroatoms. The van der Waals surface area contributed by atoms with Gasteiger partial charge in [-0.3, -0.25) is 4.79 Å². The standard InChI is InChI=1S/C17H26N2O/c1-3-5-6-14-7-9-15(10-8-14)19-16(20)17(4-2)11-12-18-13-17/h7-10,18H,3-6,11-13H2,1-2H3,(H,19,20). The van der Waals surface area contributed by atoms with Gasteiger partial charge >= 0.3 is 0 Å². The summed E-state index contributed by atoms with van der Waals surface area (Å²) < 4.78 is 0. The zero-order valence-electron chi connectivity index (χ0n) is 12.7. The van der Waals surface area contributed by atoms with Crippen molar-refractivity contribution in [3.8, 4) is 0 Å². The maximum absolute atomic E-state index is 12.5. The normalized spacial score (nSPS) is 21.9. The molecule has 0 aliphatic carbocycles. The summed E-state index contributed by atoms with van der Waals surface area (Å²) in [5, 5.41) is 6.38. The lowest BCUT2D eigenvalue weighted by atomic mass is 9.83. The van der Waals surface area contributed by atoms with Crippen molar-refractivity contribution in [3.63, 3.8) is 0 Å². The van der Waals surface area contributed by atoms with Crippen molar-refractivity contribution >= 4 is 11.6 Å². The van der Waals surface area contributed by atoms with Crippen LogP contribution in [0.1, 0.15) is 45.1 Å². The molecule has 0 radical (unpaired) electrons. The van der Waals surface area contributed by atoms with E-state index in [4.69, 9.17) is 0 Å². The van der Waals surface area contributed by atoms with Crippen LogP contribution in [-0.2, 0) is 11.2 Å². The van der Waals surface area contributed by atoms with E-state index in [-0.39, 0.29) is 11.3 Å². The fraction of sp³-hybridized carbons (Fsp3) is 0.588. The van der Waals surface area contributed by atoms with Crippen LogP contribution in [0.5, 0.6) is 0 Å². The quantitative estimate of drug-likeness (QED) is 0.835. The summed E-state index contributed by atoms with van der Waals surface area (Å²) in [4.78, 5) is 12.5. The molecule has 1 aromatic rings. The van der Waals surface area contributed by atoms with Gasteiger partial charge in [0.2, 0.25) is 5.91 Å². The lowest BCUT2D eigenvalue weighted by Gasteiger charge is -2.25. The van der Waals surface area contributed by atoms with Crippen LogP contribution in [0.15, 0.2) is 24.3 Å². The van der Waals surface area contributed by atoms with Crippen LogP contribution < -0.4 is 10.6 Å². The average Bonchev–Trinajstić information content (AvgIpc) is 2.97. The van der Waals surface area contributed by atoms with Gasteiger partial charge < -0.3 is 10.6 Å². The second kappa shape index (κ2) is 6.89. The van der Waals surface area contributed by atoms with Crippen LogP contribution in [0.2, 0.25) is 0 Å². The first-order valence-electron chi connectivity index (χ1n) is 7.81. The van der Waals surface area contributed by atoms with Crippen molar-refractivity contribution in [1.29, 1.82) is 0 Å². The van der Waals surface area contributed by atoms with Crippen molar-refractivity contribution in [2.24, 2.45) is 5.41 Å². The molecule has 1 atom stereocenters. The summed E-state index contributed by atoms with van der Waals surface area (Å²) in [5.74, 6) is 0.159. The number of unbranched alkanes of at least 4 members (excludes halogenated alkanes) is 1. The number of hydrogen-bond donors (Lipinski definition) is 2. The minimum absolute atomic E-state index is 0.159. The second-order valence-corrected chi connectivity index (χ2v) is 5.82. The van der Waals surface area contributed by atoms with E-state index in [1.54, 1.807) is 0 Å². The van der Waals surface area contributed by atoms with Gasteiger partial charge in [-0.2, -0.15) is 0 Å². The van der Waals surface area contributed by atoms with Gasteiger partial charge in [0, 0.05) is 12.2 Å². The van der Waals surface area contributed by atoms with Crippen LogP contribution in [-0.4, -0.2) is 19.0 Å². The van der Waals surface area contributed by atoms with Gasteiger partial charge in [-0.25, -0.2) is 0 Å². The Morgan fingerprint density at radius 2 is 2.05 bits per heavy atom. The third-order valence-electron chi connectivity index (χ3n) is 4.43. The lowest BCUT2D eigenvalue weighted by Crippen LogP contribution is -2.37. The third kappa shape index (κ3) is 3.40. The van der Waals surface area contributed by atoms with Gasteiger partial charge in [-0.1, -0.05) is 32.4 Å². The number of hydrogen-bond acceptors (Lipinski definition) is 2. The smallest absolute Gasteiger partial charge is 0.231 e. The highest BCUT2D eigenvalue weighted by Gasteiger charge is 2.39. The Bertz CT molecular complexity index is 433. The highest BCUT2D eigenvalue weighted by atomic mass is 16.2. The minimum atomic E-state index is -0.221. The molecule has 0 spiro atoms. The molecule has 0 bridgehead atoms. The monoisotopic (exact) mass is 274 g/mol. The Morgan fingerprint density at radius 3 is 2.60 bits per heavy atom. The zero-order chi connectivity index (χ0) is 14.4. The molecule has 1 unspecified atom stereocenters. The number of aryl methyl sites for hydroxylation is 1. The Balaban J connectivity index is 1.97. The minimum Gasteiger partial charge on any atom is -0.326 e. The predicted octanol–water partition coefficient (Wildman–Crippen LogP) is 3.36. The topological polar surface area (TPSA) is 41.1 Å². The number of anilines is 1. The number of carbonyl (C=O) groups is 1. The Hall–Kier alpha value is -1.35. The van der Waals surface area contributed by atoms with Crippen LogP contribution >= 0.6 is 0 Å². The van der Waals surface area contributed by atoms with Gasteiger partial charge in [0.25, 0.3) is 0 Å². The second-order valence-electron chi connectivity index (χ2n) is 5.82. The first-order chi connectivity index (χ1) is 9.70. The number of amides is 1. The molecule has 1 aliphatic heterocycles. The molecule has 2 N–H and O–H groups in total. The predicted molar refractivity (Wildman–Crippen MR) is 83.9 cm³/mol. The van der Waals surface area contributed by atoms with E-state index in [1.165, 1.54) is 18.4 Å². The van der Waals surface area contributed by atoms with Crippen molar-refractivity contribution in [2.45, 2.75) is 46.0 Å². The van der Waals surface area contributed by atoms with Gasteiger partial charge in [0.05, 0.1) is 5.41 Å². The molecular formula is C17H26N2O. The Morgan fingerprint density at radius 1 is 1.30 bits per heavy atom. The maximum Gasteiger partial charge on any atom is 0.231 e. The van der Waals surface area contributed by atoms with Crippen LogP contribution in [0.25, 0.3) is 0 Å². The summed E-state index contributed by atoms with van der Waals surface area (Å²) in [6.45, 7) is 6.04. The number of nitrogens with one attached hydrogen (secondary N) is 2. The van der Waals surface area contributed by atoms with Gasteiger partial charge in [0.1, 0.15) is 0 Å². The summed E-state index contributed by atoms with van der Waals surface area (Å²) >= 11 is 0. The molecule has 1 fully saturated rings. The Labute approximate surface area is 122 Å². The Kier molecular flexibility index (Phi) is 5.18. The highest BCUT2D eigenvalue weighted by Crippen LogP contribution is 2.31. The molecule has 110 valence electrons. The number of carbonyl (C=O) groups excluding carboxylic acids is 1. The lowest BCUT2D eigenvalue weighted by molar-refractivity contribution is -0.124. The van der Waals surface area contributed by atoms with Crippen LogP contribution in [0.4, 0.5) is 5.69 Å². The van der Waals surface area contributed by atoms with Crippen molar-refractivity contribution in [3.05, 3.63) is 29.8 Å². The van der Waals surface area contributed by atoms with E-state index >= 15 is 0 Å². The van der Waals surface area contributed by atoms with Gasteiger partial charge in [0.15, 0.2) is 0 Å². The first-order valence-corrected chi connectivity index (χ1v) is 7.81. The van der Waals surface area contributed by atoms with Crippen LogP contribution in [0, 0.1) is 5.41 Å². The largest absolute Gasteiger partial charge is 0.326 e. The fourth-order valence-corrected chi connectivity index (χ4v) is 2.80. The average molecular weight is 274 g/mol. The van der Waals surface area contributed by atoms with E-state index in [2.05, 4.69) is 36.6 Å².